The van der Waals surface area contributed by atoms with E-state index in [2.05, 4.69) is 21.4 Å². The van der Waals surface area contributed by atoms with Crippen LogP contribution in [0, 0.1) is 6.92 Å². The first-order valence-electron chi connectivity index (χ1n) is 6.42. The third-order valence-corrected chi connectivity index (χ3v) is 3.88. The molecule has 3 aromatic heterocycles. The summed E-state index contributed by atoms with van der Waals surface area (Å²) in [5.74, 6) is 1.81. The van der Waals surface area contributed by atoms with Crippen molar-refractivity contribution in [2.45, 2.75) is 20.0 Å². The summed E-state index contributed by atoms with van der Waals surface area (Å²) in [4.78, 5) is 9.57. The van der Waals surface area contributed by atoms with Crippen LogP contribution in [0.2, 0.25) is 0 Å². The van der Waals surface area contributed by atoms with Crippen molar-refractivity contribution in [2.75, 3.05) is 0 Å². The third kappa shape index (κ3) is 3.12. The van der Waals surface area contributed by atoms with Crippen molar-refractivity contribution in [2.24, 2.45) is 0 Å². The molecule has 0 aromatic carbocycles. The Labute approximate surface area is 121 Å². The number of nitrogens with one attached hydrogen (secondary N) is 1. The number of aromatic nitrogens is 2. The number of aryl methyl sites for hydroxylation is 1. The molecule has 0 saturated heterocycles. The van der Waals surface area contributed by atoms with E-state index in [0.717, 1.165) is 34.5 Å². The maximum absolute atomic E-state index is 5.60. The minimum atomic E-state index is 0.749. The highest BCUT2D eigenvalue weighted by Gasteiger charge is 2.07. The maximum Gasteiger partial charge on any atom is 0.145 e. The van der Waals surface area contributed by atoms with Gasteiger partial charge in [0.2, 0.25) is 0 Å². The summed E-state index contributed by atoms with van der Waals surface area (Å²) in [6.45, 7) is 3.49. The molecular formula is C15H15N3OS. The predicted molar refractivity (Wildman–Crippen MR) is 79.3 cm³/mol. The van der Waals surface area contributed by atoms with Crippen LogP contribution in [-0.4, -0.2) is 9.97 Å². The van der Waals surface area contributed by atoms with Crippen molar-refractivity contribution >= 4 is 11.3 Å². The Bertz CT molecular complexity index is 675. The van der Waals surface area contributed by atoms with E-state index in [0.29, 0.717) is 0 Å². The Morgan fingerprint density at radius 3 is 2.90 bits per heavy atom. The van der Waals surface area contributed by atoms with Crippen molar-refractivity contribution < 1.29 is 4.42 Å². The third-order valence-electron chi connectivity index (χ3n) is 2.86. The average Bonchev–Trinajstić information content (AvgIpc) is 3.09. The molecule has 0 unspecified atom stereocenters. The van der Waals surface area contributed by atoms with Crippen molar-refractivity contribution in [3.05, 3.63) is 59.2 Å². The molecule has 0 atom stereocenters. The first kappa shape index (κ1) is 13.0. The van der Waals surface area contributed by atoms with E-state index < -0.39 is 0 Å². The van der Waals surface area contributed by atoms with Gasteiger partial charge >= 0.3 is 0 Å². The Balaban J connectivity index is 1.58. The lowest BCUT2D eigenvalue weighted by atomic mass is 10.3. The Morgan fingerprint density at radius 1 is 1.20 bits per heavy atom. The van der Waals surface area contributed by atoms with Crippen LogP contribution in [0.1, 0.15) is 16.3 Å². The fraction of sp³-hybridized carbons (Fsp3) is 0.200. The standard InChI is InChI=1S/C15H15N3OS/c1-11-4-5-13(19-11)14-9-18-15(20-14)10-17-8-12-3-2-6-16-7-12/h2-7,9,17H,8,10H2,1H3. The number of furan rings is 1. The minimum Gasteiger partial charge on any atom is -0.460 e. The first-order chi connectivity index (χ1) is 9.81. The second-order valence-electron chi connectivity index (χ2n) is 4.49. The van der Waals surface area contributed by atoms with Crippen LogP contribution >= 0.6 is 11.3 Å². The molecule has 0 spiro atoms. The second kappa shape index (κ2) is 5.98. The van der Waals surface area contributed by atoms with Gasteiger partial charge < -0.3 is 9.73 Å². The van der Waals surface area contributed by atoms with Crippen LogP contribution in [-0.2, 0) is 13.1 Å². The molecular weight excluding hydrogens is 270 g/mol. The van der Waals surface area contributed by atoms with Crippen LogP contribution in [0.15, 0.2) is 47.3 Å². The van der Waals surface area contributed by atoms with E-state index in [1.54, 1.807) is 17.5 Å². The van der Waals surface area contributed by atoms with Crippen LogP contribution in [0.3, 0.4) is 0 Å². The molecule has 4 nitrogen and oxygen atoms in total. The maximum atomic E-state index is 5.60. The van der Waals surface area contributed by atoms with E-state index in [1.165, 1.54) is 5.56 Å². The molecule has 3 aromatic rings. The van der Waals surface area contributed by atoms with Gasteiger partial charge in [-0.15, -0.1) is 11.3 Å². The second-order valence-corrected chi connectivity index (χ2v) is 5.61. The Hall–Kier alpha value is -1.98. The fourth-order valence-corrected chi connectivity index (χ4v) is 2.74. The van der Waals surface area contributed by atoms with E-state index in [9.17, 15) is 0 Å². The average molecular weight is 285 g/mol. The molecule has 20 heavy (non-hydrogen) atoms. The summed E-state index contributed by atoms with van der Waals surface area (Å²) < 4.78 is 5.60. The molecule has 0 amide bonds. The zero-order valence-electron chi connectivity index (χ0n) is 11.2. The van der Waals surface area contributed by atoms with Crippen LogP contribution < -0.4 is 5.32 Å². The molecule has 0 aliphatic rings. The van der Waals surface area contributed by atoms with Gasteiger partial charge in [-0.3, -0.25) is 4.98 Å². The van der Waals surface area contributed by atoms with Gasteiger partial charge in [0, 0.05) is 31.7 Å². The molecule has 3 rings (SSSR count). The lowest BCUT2D eigenvalue weighted by Gasteiger charge is -2.01. The number of pyridine rings is 1. The lowest BCUT2D eigenvalue weighted by molar-refractivity contribution is 0.549. The number of hydrogen-bond acceptors (Lipinski definition) is 5. The van der Waals surface area contributed by atoms with Gasteiger partial charge in [-0.2, -0.15) is 0 Å². The highest BCUT2D eigenvalue weighted by Crippen LogP contribution is 2.27. The first-order valence-corrected chi connectivity index (χ1v) is 7.24. The van der Waals surface area contributed by atoms with Crippen LogP contribution in [0.25, 0.3) is 10.6 Å². The van der Waals surface area contributed by atoms with E-state index in [1.807, 2.05) is 37.5 Å². The Morgan fingerprint density at radius 2 is 2.15 bits per heavy atom. The molecule has 0 fully saturated rings. The SMILES string of the molecule is Cc1ccc(-c2cnc(CNCc3cccnc3)s2)o1. The van der Waals surface area contributed by atoms with Crippen LogP contribution in [0.4, 0.5) is 0 Å². The summed E-state index contributed by atoms with van der Waals surface area (Å²) in [5.41, 5.74) is 1.17. The number of nitrogens with zero attached hydrogens (tertiary/aromatic N) is 2. The van der Waals surface area contributed by atoms with Gasteiger partial charge in [-0.05, 0) is 30.7 Å². The zero-order valence-corrected chi connectivity index (χ0v) is 12.0. The van der Waals surface area contributed by atoms with Gasteiger partial charge in [0.1, 0.15) is 16.5 Å². The van der Waals surface area contributed by atoms with Crippen molar-refractivity contribution in [3.8, 4) is 10.6 Å². The monoisotopic (exact) mass is 285 g/mol. The molecule has 0 bridgehead atoms. The minimum absolute atomic E-state index is 0.749. The number of thiazole rings is 1. The fourth-order valence-electron chi connectivity index (χ4n) is 1.89. The van der Waals surface area contributed by atoms with Crippen molar-refractivity contribution in [1.29, 1.82) is 0 Å². The van der Waals surface area contributed by atoms with Gasteiger partial charge in [-0.1, -0.05) is 6.07 Å². The Kier molecular flexibility index (Phi) is 3.90. The molecule has 0 aliphatic heterocycles. The summed E-state index contributed by atoms with van der Waals surface area (Å²) in [7, 11) is 0. The highest BCUT2D eigenvalue weighted by atomic mass is 32.1. The molecule has 102 valence electrons. The van der Waals surface area contributed by atoms with E-state index >= 15 is 0 Å². The van der Waals surface area contributed by atoms with E-state index in [-0.39, 0.29) is 0 Å². The van der Waals surface area contributed by atoms with Gasteiger partial charge in [0.05, 0.1) is 4.88 Å². The largest absolute Gasteiger partial charge is 0.460 e. The van der Waals surface area contributed by atoms with Crippen LogP contribution in [0.5, 0.6) is 0 Å². The molecule has 1 N–H and O–H groups in total. The molecule has 3 heterocycles. The number of hydrogen-bond donors (Lipinski definition) is 1. The summed E-state index contributed by atoms with van der Waals surface area (Å²) >= 11 is 1.65. The smallest absolute Gasteiger partial charge is 0.145 e. The zero-order chi connectivity index (χ0) is 13.8. The van der Waals surface area contributed by atoms with Gasteiger partial charge in [0.15, 0.2) is 0 Å². The molecule has 5 heteroatoms. The normalized spacial score (nSPS) is 10.8. The lowest BCUT2D eigenvalue weighted by Crippen LogP contribution is -2.12. The van der Waals surface area contributed by atoms with Crippen molar-refractivity contribution in [3.63, 3.8) is 0 Å². The van der Waals surface area contributed by atoms with Gasteiger partial charge in [0.25, 0.3) is 0 Å². The van der Waals surface area contributed by atoms with E-state index in [4.69, 9.17) is 4.42 Å². The predicted octanol–water partition coefficient (Wildman–Crippen LogP) is 3.40. The number of rotatable bonds is 5. The molecule has 0 aliphatic carbocycles. The topological polar surface area (TPSA) is 51.0 Å². The summed E-state index contributed by atoms with van der Waals surface area (Å²) in [5, 5.41) is 4.42. The van der Waals surface area contributed by atoms with Gasteiger partial charge in [-0.25, -0.2) is 4.98 Å². The summed E-state index contributed by atoms with van der Waals surface area (Å²) in [6, 6.07) is 7.95. The quantitative estimate of drug-likeness (QED) is 0.780. The summed E-state index contributed by atoms with van der Waals surface area (Å²) in [6.07, 6.45) is 5.51. The van der Waals surface area contributed by atoms with Crippen molar-refractivity contribution in [1.82, 2.24) is 15.3 Å². The molecule has 0 saturated carbocycles. The molecule has 0 radical (unpaired) electrons. The highest BCUT2D eigenvalue weighted by molar-refractivity contribution is 7.15.